The van der Waals surface area contributed by atoms with Gasteiger partial charge in [0.15, 0.2) is 5.82 Å². The standard InChI is InChI=1S/C18H21F2N3O2S/c1-21(2)11-5-6-12-22-17-7-3-4-8-18(17)23(26(22,24)25)16-10-9-14(19)13-15(16)20/h3-4,7-10,13H,5-6,11-12H2,1-2H3. The van der Waals surface area contributed by atoms with Crippen molar-refractivity contribution in [2.75, 3.05) is 35.8 Å². The van der Waals surface area contributed by atoms with Gasteiger partial charge in [0.2, 0.25) is 0 Å². The van der Waals surface area contributed by atoms with Gasteiger partial charge in [-0.1, -0.05) is 12.1 Å². The first-order valence-electron chi connectivity index (χ1n) is 8.34. The molecule has 0 saturated carbocycles. The summed E-state index contributed by atoms with van der Waals surface area (Å²) < 4.78 is 56.0. The van der Waals surface area contributed by atoms with Crippen molar-refractivity contribution in [3.05, 3.63) is 54.1 Å². The molecule has 2 aromatic rings. The fourth-order valence-corrected chi connectivity index (χ4v) is 4.77. The van der Waals surface area contributed by atoms with Crippen LogP contribution in [0.3, 0.4) is 0 Å². The van der Waals surface area contributed by atoms with E-state index in [0.29, 0.717) is 30.4 Å². The zero-order valence-corrected chi connectivity index (χ0v) is 15.5. The van der Waals surface area contributed by atoms with Crippen LogP contribution in [-0.2, 0) is 10.2 Å². The number of fused-ring (bicyclic) bond motifs is 1. The third-order valence-electron chi connectivity index (χ3n) is 4.22. The van der Waals surface area contributed by atoms with E-state index in [0.717, 1.165) is 29.4 Å². The predicted molar refractivity (Wildman–Crippen MR) is 99.0 cm³/mol. The van der Waals surface area contributed by atoms with Crippen LogP contribution in [0.25, 0.3) is 0 Å². The molecule has 0 aliphatic carbocycles. The third-order valence-corrected chi connectivity index (χ3v) is 6.01. The van der Waals surface area contributed by atoms with Gasteiger partial charge >= 0.3 is 10.2 Å². The zero-order chi connectivity index (χ0) is 18.9. The third kappa shape index (κ3) is 3.39. The van der Waals surface area contributed by atoms with E-state index in [1.165, 1.54) is 4.31 Å². The number of para-hydroxylation sites is 2. The molecule has 3 rings (SSSR count). The topological polar surface area (TPSA) is 43.9 Å². The normalized spacial score (nSPS) is 15.6. The van der Waals surface area contributed by atoms with E-state index in [9.17, 15) is 17.2 Å². The van der Waals surface area contributed by atoms with E-state index in [-0.39, 0.29) is 5.69 Å². The van der Waals surface area contributed by atoms with Gasteiger partial charge in [0, 0.05) is 12.6 Å². The molecule has 0 bridgehead atoms. The van der Waals surface area contributed by atoms with E-state index in [2.05, 4.69) is 0 Å². The molecule has 1 heterocycles. The Kier molecular flexibility index (Phi) is 5.15. The van der Waals surface area contributed by atoms with Crippen molar-refractivity contribution in [1.82, 2.24) is 4.90 Å². The Bertz CT molecular complexity index is 903. The van der Waals surface area contributed by atoms with Gasteiger partial charge in [-0.2, -0.15) is 8.42 Å². The predicted octanol–water partition coefficient (Wildman–Crippen LogP) is 3.51. The molecule has 0 atom stereocenters. The van der Waals surface area contributed by atoms with Crippen molar-refractivity contribution < 1.29 is 17.2 Å². The first-order valence-corrected chi connectivity index (χ1v) is 9.74. The van der Waals surface area contributed by atoms with Crippen LogP contribution in [0, 0.1) is 11.6 Å². The smallest absolute Gasteiger partial charge is 0.309 e. The van der Waals surface area contributed by atoms with E-state index >= 15 is 0 Å². The molecule has 8 heteroatoms. The Morgan fingerprint density at radius 3 is 2.31 bits per heavy atom. The van der Waals surface area contributed by atoms with Crippen molar-refractivity contribution in [2.45, 2.75) is 12.8 Å². The van der Waals surface area contributed by atoms with Gasteiger partial charge in [0.1, 0.15) is 5.82 Å². The Morgan fingerprint density at radius 1 is 0.962 bits per heavy atom. The average molecular weight is 381 g/mol. The van der Waals surface area contributed by atoms with E-state index in [1.807, 2.05) is 19.0 Å². The monoisotopic (exact) mass is 381 g/mol. The van der Waals surface area contributed by atoms with Crippen molar-refractivity contribution in [2.24, 2.45) is 0 Å². The summed E-state index contributed by atoms with van der Waals surface area (Å²) in [6, 6.07) is 9.64. The highest BCUT2D eigenvalue weighted by Crippen LogP contribution is 2.45. The number of hydrogen-bond acceptors (Lipinski definition) is 3. The van der Waals surface area contributed by atoms with Crippen LogP contribution in [-0.4, -0.2) is 40.5 Å². The van der Waals surface area contributed by atoms with Crippen LogP contribution in [0.15, 0.2) is 42.5 Å². The van der Waals surface area contributed by atoms with Gasteiger partial charge in [-0.05, 0) is 57.7 Å². The number of halogens is 2. The highest BCUT2D eigenvalue weighted by atomic mass is 32.2. The highest BCUT2D eigenvalue weighted by Gasteiger charge is 2.41. The van der Waals surface area contributed by atoms with Crippen LogP contribution < -0.4 is 8.61 Å². The van der Waals surface area contributed by atoms with Gasteiger partial charge in [-0.15, -0.1) is 0 Å². The molecule has 0 aromatic heterocycles. The second-order valence-corrected chi connectivity index (χ2v) is 8.14. The molecule has 1 aliphatic rings. The van der Waals surface area contributed by atoms with Crippen molar-refractivity contribution in [3.8, 4) is 0 Å². The molecular weight excluding hydrogens is 360 g/mol. The van der Waals surface area contributed by atoms with Crippen LogP contribution in [0.1, 0.15) is 12.8 Å². The van der Waals surface area contributed by atoms with Crippen molar-refractivity contribution >= 4 is 27.3 Å². The maximum absolute atomic E-state index is 14.3. The number of nitrogens with zero attached hydrogens (tertiary/aromatic N) is 3. The van der Waals surface area contributed by atoms with E-state index < -0.39 is 21.8 Å². The molecule has 26 heavy (non-hydrogen) atoms. The first kappa shape index (κ1) is 18.6. The molecule has 0 fully saturated rings. The Balaban J connectivity index is 1.97. The Labute approximate surface area is 152 Å². The molecular formula is C18H21F2N3O2S. The molecule has 5 nitrogen and oxygen atoms in total. The number of benzene rings is 2. The quantitative estimate of drug-likeness (QED) is 0.720. The molecule has 0 amide bonds. The second kappa shape index (κ2) is 7.20. The van der Waals surface area contributed by atoms with Crippen LogP contribution in [0.2, 0.25) is 0 Å². The lowest BCUT2D eigenvalue weighted by molar-refractivity contribution is 0.396. The minimum atomic E-state index is -3.99. The number of unbranched alkanes of at least 4 members (excludes halogenated alkanes) is 1. The largest absolute Gasteiger partial charge is 0.331 e. The summed E-state index contributed by atoms with van der Waals surface area (Å²) in [6.07, 6.45) is 1.51. The summed E-state index contributed by atoms with van der Waals surface area (Å²) in [5.41, 5.74) is 0.682. The summed E-state index contributed by atoms with van der Waals surface area (Å²) >= 11 is 0. The van der Waals surface area contributed by atoms with Crippen LogP contribution in [0.5, 0.6) is 0 Å². The lowest BCUT2D eigenvalue weighted by Crippen LogP contribution is -2.36. The van der Waals surface area contributed by atoms with E-state index in [1.54, 1.807) is 24.3 Å². The molecule has 0 N–H and O–H groups in total. The maximum atomic E-state index is 14.3. The van der Waals surface area contributed by atoms with Gasteiger partial charge in [-0.3, -0.25) is 4.31 Å². The fourth-order valence-electron chi connectivity index (χ4n) is 3.01. The Morgan fingerprint density at radius 2 is 1.65 bits per heavy atom. The molecule has 0 radical (unpaired) electrons. The van der Waals surface area contributed by atoms with Crippen molar-refractivity contribution in [1.29, 1.82) is 0 Å². The summed E-state index contributed by atoms with van der Waals surface area (Å²) in [4.78, 5) is 2.03. The summed E-state index contributed by atoms with van der Waals surface area (Å²) in [5, 5.41) is 0. The second-order valence-electron chi connectivity index (χ2n) is 6.44. The molecule has 140 valence electrons. The highest BCUT2D eigenvalue weighted by molar-refractivity contribution is 7.95. The van der Waals surface area contributed by atoms with Crippen LogP contribution >= 0.6 is 0 Å². The fraction of sp³-hybridized carbons (Fsp3) is 0.333. The number of anilines is 3. The van der Waals surface area contributed by atoms with Crippen LogP contribution in [0.4, 0.5) is 25.8 Å². The lowest BCUT2D eigenvalue weighted by atomic mass is 10.2. The number of hydrogen-bond donors (Lipinski definition) is 0. The average Bonchev–Trinajstić information content (AvgIpc) is 2.79. The maximum Gasteiger partial charge on any atom is 0.331 e. The van der Waals surface area contributed by atoms with Crippen molar-refractivity contribution in [3.63, 3.8) is 0 Å². The lowest BCUT2D eigenvalue weighted by Gasteiger charge is -2.22. The summed E-state index contributed by atoms with van der Waals surface area (Å²) in [7, 11) is -0.0670. The van der Waals surface area contributed by atoms with Gasteiger partial charge in [0.05, 0.1) is 17.1 Å². The van der Waals surface area contributed by atoms with Gasteiger partial charge in [-0.25, -0.2) is 13.1 Å². The SMILES string of the molecule is CN(C)CCCCN1c2ccccc2N(c2ccc(F)cc2F)S1(=O)=O. The number of rotatable bonds is 6. The molecule has 2 aromatic carbocycles. The summed E-state index contributed by atoms with van der Waals surface area (Å²) in [5.74, 6) is -1.67. The molecule has 1 aliphatic heterocycles. The zero-order valence-electron chi connectivity index (χ0n) is 14.7. The molecule has 0 unspecified atom stereocenters. The summed E-state index contributed by atoms with van der Waals surface area (Å²) in [6.45, 7) is 1.15. The molecule has 0 saturated heterocycles. The van der Waals surface area contributed by atoms with Gasteiger partial charge < -0.3 is 4.90 Å². The van der Waals surface area contributed by atoms with E-state index in [4.69, 9.17) is 0 Å². The van der Waals surface area contributed by atoms with Gasteiger partial charge in [0.25, 0.3) is 0 Å². The molecule has 0 spiro atoms. The minimum absolute atomic E-state index is 0.186. The first-order chi connectivity index (χ1) is 12.3. The minimum Gasteiger partial charge on any atom is -0.309 e. The Hall–Kier alpha value is -2.19.